The molecule has 154 valence electrons. The van der Waals surface area contributed by atoms with Crippen LogP contribution in [0.3, 0.4) is 0 Å². The van der Waals surface area contributed by atoms with Gasteiger partial charge in [0.15, 0.2) is 0 Å². The van der Waals surface area contributed by atoms with Crippen LogP contribution in [0.1, 0.15) is 34.5 Å². The Morgan fingerprint density at radius 2 is 1.83 bits per heavy atom. The van der Waals surface area contributed by atoms with Crippen molar-refractivity contribution in [2.24, 2.45) is 0 Å². The molecule has 1 aliphatic heterocycles. The van der Waals surface area contributed by atoms with Crippen LogP contribution in [0, 0.1) is 0 Å². The minimum atomic E-state index is 0. The number of piperazine rings is 1. The van der Waals surface area contributed by atoms with Crippen molar-refractivity contribution < 1.29 is 4.79 Å². The van der Waals surface area contributed by atoms with Crippen LogP contribution in [-0.2, 0) is 6.42 Å². The molecule has 0 spiro atoms. The molecule has 29 heavy (non-hydrogen) atoms. The molecule has 4 rings (SSSR count). The predicted molar refractivity (Wildman–Crippen MR) is 121 cm³/mol. The third-order valence-electron chi connectivity index (χ3n) is 5.19. The molecule has 0 radical (unpaired) electrons. The summed E-state index contributed by atoms with van der Waals surface area (Å²) in [6, 6.07) is 16.4. The van der Waals surface area contributed by atoms with Crippen molar-refractivity contribution in [1.82, 2.24) is 19.8 Å². The van der Waals surface area contributed by atoms with Gasteiger partial charge in [0.05, 0.1) is 12.4 Å². The van der Waals surface area contributed by atoms with E-state index in [4.69, 9.17) is 0 Å². The molecule has 1 saturated heterocycles. The fourth-order valence-corrected chi connectivity index (χ4v) is 3.57. The van der Waals surface area contributed by atoms with E-state index in [0.29, 0.717) is 6.54 Å². The highest BCUT2D eigenvalue weighted by Gasteiger charge is 2.28. The van der Waals surface area contributed by atoms with E-state index in [0.717, 1.165) is 30.8 Å². The van der Waals surface area contributed by atoms with Crippen molar-refractivity contribution >= 4 is 30.7 Å². The zero-order valence-corrected chi connectivity index (χ0v) is 18.0. The first-order chi connectivity index (χ1) is 13.3. The SMILES string of the molecule is CCc1ccc(C2CNCCN2C(=O)c2ccc(-n3ccnc3)cc2)cc1.Cl.Cl. The van der Waals surface area contributed by atoms with Crippen molar-refractivity contribution in [3.05, 3.63) is 83.9 Å². The monoisotopic (exact) mass is 432 g/mol. The summed E-state index contributed by atoms with van der Waals surface area (Å²) in [5.41, 5.74) is 4.21. The Bertz CT molecular complexity index is 896. The largest absolute Gasteiger partial charge is 0.329 e. The molecule has 0 bridgehead atoms. The topological polar surface area (TPSA) is 50.2 Å². The first kappa shape index (κ1) is 22.9. The van der Waals surface area contributed by atoms with E-state index in [9.17, 15) is 4.79 Å². The van der Waals surface area contributed by atoms with Crippen molar-refractivity contribution in [1.29, 1.82) is 0 Å². The number of amides is 1. The number of nitrogens with zero attached hydrogens (tertiary/aromatic N) is 3. The van der Waals surface area contributed by atoms with Crippen molar-refractivity contribution in [2.75, 3.05) is 19.6 Å². The van der Waals surface area contributed by atoms with Crippen molar-refractivity contribution in [3.8, 4) is 5.69 Å². The number of carbonyl (C=O) groups is 1. The number of carbonyl (C=O) groups excluding carboxylic acids is 1. The third kappa shape index (κ3) is 4.99. The van der Waals surface area contributed by atoms with Gasteiger partial charge in [0.1, 0.15) is 0 Å². The minimum absolute atomic E-state index is 0. The number of aryl methyl sites for hydroxylation is 1. The van der Waals surface area contributed by atoms with Crippen LogP contribution in [0.2, 0.25) is 0 Å². The molecule has 1 aliphatic rings. The van der Waals surface area contributed by atoms with E-state index in [-0.39, 0.29) is 36.8 Å². The molecule has 2 aromatic carbocycles. The summed E-state index contributed by atoms with van der Waals surface area (Å²) in [5, 5.41) is 3.42. The van der Waals surface area contributed by atoms with Gasteiger partial charge in [0, 0.05) is 43.3 Å². The molecule has 1 N–H and O–H groups in total. The second-order valence-electron chi connectivity index (χ2n) is 6.83. The highest BCUT2D eigenvalue weighted by Crippen LogP contribution is 2.25. The molecular weight excluding hydrogens is 407 g/mol. The summed E-state index contributed by atoms with van der Waals surface area (Å²) in [7, 11) is 0. The molecule has 0 aliphatic carbocycles. The second-order valence-corrected chi connectivity index (χ2v) is 6.83. The van der Waals surface area contributed by atoms with E-state index in [1.54, 1.807) is 12.5 Å². The second kappa shape index (κ2) is 10.4. The highest BCUT2D eigenvalue weighted by atomic mass is 35.5. The van der Waals surface area contributed by atoms with Crippen LogP contribution in [0.4, 0.5) is 0 Å². The molecule has 2 heterocycles. The van der Waals surface area contributed by atoms with Gasteiger partial charge in [-0.2, -0.15) is 0 Å². The first-order valence-electron chi connectivity index (χ1n) is 9.45. The number of imidazole rings is 1. The van der Waals surface area contributed by atoms with Crippen LogP contribution >= 0.6 is 24.8 Å². The van der Waals surface area contributed by atoms with E-state index in [1.807, 2.05) is 39.9 Å². The normalized spacial score (nSPS) is 15.9. The Morgan fingerprint density at radius 3 is 2.45 bits per heavy atom. The summed E-state index contributed by atoms with van der Waals surface area (Å²) in [6.45, 7) is 4.47. The molecule has 7 heteroatoms. The molecular formula is C22H26Cl2N4O. The average Bonchev–Trinajstić information content (AvgIpc) is 3.28. The number of benzene rings is 2. The van der Waals surface area contributed by atoms with Gasteiger partial charge >= 0.3 is 0 Å². The lowest BCUT2D eigenvalue weighted by Crippen LogP contribution is -2.48. The molecule has 0 saturated carbocycles. The fraction of sp³-hybridized carbons (Fsp3) is 0.273. The number of aromatic nitrogens is 2. The van der Waals surface area contributed by atoms with E-state index >= 15 is 0 Å². The number of nitrogens with one attached hydrogen (secondary N) is 1. The van der Waals surface area contributed by atoms with Crippen molar-refractivity contribution in [3.63, 3.8) is 0 Å². The van der Waals surface area contributed by atoms with Gasteiger partial charge in [-0.25, -0.2) is 4.98 Å². The molecule has 1 amide bonds. The molecule has 1 aromatic heterocycles. The highest BCUT2D eigenvalue weighted by molar-refractivity contribution is 5.94. The Kier molecular flexibility index (Phi) is 8.26. The van der Waals surface area contributed by atoms with Crippen LogP contribution in [0.15, 0.2) is 67.3 Å². The van der Waals surface area contributed by atoms with Gasteiger partial charge in [-0.15, -0.1) is 24.8 Å². The summed E-state index contributed by atoms with van der Waals surface area (Å²) in [5.74, 6) is 0.0817. The standard InChI is InChI=1S/C22H24N4O.2ClH/c1-2-17-3-5-18(6-4-17)21-15-23-12-14-26(21)22(27)19-7-9-20(10-8-19)25-13-11-24-16-25;;/h3-11,13,16,21,23H,2,12,14-15H2,1H3;2*1H. The predicted octanol–water partition coefficient (Wildman–Crippen LogP) is 4.07. The Labute approximate surface area is 184 Å². The molecule has 1 atom stereocenters. The maximum absolute atomic E-state index is 13.2. The van der Waals surface area contributed by atoms with E-state index < -0.39 is 0 Å². The zero-order chi connectivity index (χ0) is 18.6. The number of hydrogen-bond acceptors (Lipinski definition) is 3. The van der Waals surface area contributed by atoms with Gasteiger partial charge in [0.2, 0.25) is 0 Å². The maximum Gasteiger partial charge on any atom is 0.254 e. The number of hydrogen-bond donors (Lipinski definition) is 1. The van der Waals surface area contributed by atoms with Gasteiger partial charge in [-0.3, -0.25) is 4.79 Å². The fourth-order valence-electron chi connectivity index (χ4n) is 3.57. The van der Waals surface area contributed by atoms with Crippen LogP contribution < -0.4 is 5.32 Å². The van der Waals surface area contributed by atoms with Crippen molar-refractivity contribution in [2.45, 2.75) is 19.4 Å². The first-order valence-corrected chi connectivity index (χ1v) is 9.45. The molecule has 3 aromatic rings. The summed E-state index contributed by atoms with van der Waals surface area (Å²) in [4.78, 5) is 19.2. The van der Waals surface area contributed by atoms with Crippen LogP contribution in [0.5, 0.6) is 0 Å². The average molecular weight is 433 g/mol. The smallest absolute Gasteiger partial charge is 0.254 e. The lowest BCUT2D eigenvalue weighted by molar-refractivity contribution is 0.0634. The van der Waals surface area contributed by atoms with Crippen LogP contribution in [0.25, 0.3) is 5.69 Å². The van der Waals surface area contributed by atoms with E-state index in [2.05, 4.69) is 41.5 Å². The van der Waals surface area contributed by atoms with E-state index in [1.165, 1.54) is 11.1 Å². The minimum Gasteiger partial charge on any atom is -0.329 e. The number of halogens is 2. The van der Waals surface area contributed by atoms with Crippen LogP contribution in [-0.4, -0.2) is 40.0 Å². The Morgan fingerprint density at radius 1 is 1.10 bits per heavy atom. The lowest BCUT2D eigenvalue weighted by atomic mass is 10.00. The van der Waals surface area contributed by atoms with Gasteiger partial charge < -0.3 is 14.8 Å². The number of rotatable bonds is 4. The molecule has 1 fully saturated rings. The summed E-state index contributed by atoms with van der Waals surface area (Å²) >= 11 is 0. The molecule has 5 nitrogen and oxygen atoms in total. The maximum atomic E-state index is 13.2. The van der Waals surface area contributed by atoms with Gasteiger partial charge in [0.25, 0.3) is 5.91 Å². The Balaban J connectivity index is 0.00000150. The Hall–Kier alpha value is -2.34. The zero-order valence-electron chi connectivity index (χ0n) is 16.3. The molecule has 1 unspecified atom stereocenters. The van der Waals surface area contributed by atoms with Gasteiger partial charge in [-0.05, 0) is 41.8 Å². The lowest BCUT2D eigenvalue weighted by Gasteiger charge is -2.36. The third-order valence-corrected chi connectivity index (χ3v) is 5.19. The quantitative estimate of drug-likeness (QED) is 0.675. The summed E-state index contributed by atoms with van der Waals surface area (Å²) < 4.78 is 1.93. The summed E-state index contributed by atoms with van der Waals surface area (Å²) in [6.07, 6.45) is 6.41. The van der Waals surface area contributed by atoms with Gasteiger partial charge in [-0.1, -0.05) is 31.2 Å².